The Bertz CT molecular complexity index is 1070. The van der Waals surface area contributed by atoms with Crippen LogP contribution in [0.2, 0.25) is 0 Å². The second-order valence-corrected chi connectivity index (χ2v) is 7.41. The maximum atomic E-state index is 12.6. The highest BCUT2D eigenvalue weighted by Gasteiger charge is 2.24. The van der Waals surface area contributed by atoms with Crippen LogP contribution in [0.25, 0.3) is 10.9 Å². The Hall–Kier alpha value is -3.26. The molecule has 8 heteroatoms. The molecule has 3 aromatic rings. The van der Waals surface area contributed by atoms with Gasteiger partial charge in [0.15, 0.2) is 0 Å². The average molecular weight is 407 g/mol. The summed E-state index contributed by atoms with van der Waals surface area (Å²) < 4.78 is 6.36. The third kappa shape index (κ3) is 4.33. The summed E-state index contributed by atoms with van der Waals surface area (Å²) in [5.74, 6) is 0.539. The molecule has 2 aromatic carbocycles. The Morgan fingerprint density at radius 1 is 1.13 bits per heavy atom. The summed E-state index contributed by atoms with van der Waals surface area (Å²) in [5, 5.41) is 11.4. The molecule has 1 atom stereocenters. The van der Waals surface area contributed by atoms with Gasteiger partial charge in [-0.2, -0.15) is 0 Å². The number of benzene rings is 2. The van der Waals surface area contributed by atoms with E-state index >= 15 is 0 Å². The van der Waals surface area contributed by atoms with Crippen molar-refractivity contribution in [2.75, 3.05) is 26.7 Å². The standard InChI is InChI=1S/C22H25N5O3/c1-30-17-10-8-16(9-11-17)20(26-12-4-5-13-26)14-23-21(28)15-27-22(29)18-6-2-3-7-19(18)24-25-27/h2-3,6-11,20H,4-5,12-15H2,1H3,(H,23,28). The fraction of sp³-hybridized carbons (Fsp3) is 0.364. The van der Waals surface area contributed by atoms with Gasteiger partial charge in [0.05, 0.1) is 18.5 Å². The molecule has 1 aromatic heterocycles. The molecule has 1 saturated heterocycles. The van der Waals surface area contributed by atoms with Crippen molar-refractivity contribution in [1.82, 2.24) is 25.2 Å². The van der Waals surface area contributed by atoms with Crippen LogP contribution in [-0.4, -0.2) is 52.5 Å². The number of aromatic nitrogens is 3. The number of likely N-dealkylation sites (tertiary alicyclic amines) is 1. The maximum absolute atomic E-state index is 12.6. The van der Waals surface area contributed by atoms with Crippen LogP contribution < -0.4 is 15.6 Å². The highest BCUT2D eigenvalue weighted by Crippen LogP contribution is 2.26. The lowest BCUT2D eigenvalue weighted by atomic mass is 10.1. The molecule has 1 N–H and O–H groups in total. The number of carbonyl (C=O) groups is 1. The van der Waals surface area contributed by atoms with E-state index in [2.05, 4.69) is 20.5 Å². The summed E-state index contributed by atoms with van der Waals surface area (Å²) in [6, 6.07) is 15.0. The molecular formula is C22H25N5O3. The van der Waals surface area contributed by atoms with Crippen molar-refractivity contribution in [3.05, 3.63) is 64.4 Å². The first-order valence-electron chi connectivity index (χ1n) is 10.1. The molecule has 0 saturated carbocycles. The Morgan fingerprint density at radius 2 is 1.87 bits per heavy atom. The predicted octanol–water partition coefficient (Wildman–Crippen LogP) is 1.75. The summed E-state index contributed by atoms with van der Waals surface area (Å²) in [7, 11) is 1.64. The second kappa shape index (κ2) is 9.04. The monoisotopic (exact) mass is 407 g/mol. The molecule has 1 aliphatic rings. The number of nitrogens with zero attached hydrogens (tertiary/aromatic N) is 4. The Kier molecular flexibility index (Phi) is 6.04. The molecule has 2 heterocycles. The van der Waals surface area contributed by atoms with Gasteiger partial charge in [-0.1, -0.05) is 29.5 Å². The zero-order chi connectivity index (χ0) is 20.9. The van der Waals surface area contributed by atoms with Crippen LogP contribution in [0.4, 0.5) is 0 Å². The zero-order valence-corrected chi connectivity index (χ0v) is 17.0. The van der Waals surface area contributed by atoms with Crippen molar-refractivity contribution in [3.8, 4) is 5.75 Å². The molecule has 1 aliphatic heterocycles. The van der Waals surface area contributed by atoms with Gasteiger partial charge in [0, 0.05) is 6.54 Å². The zero-order valence-electron chi connectivity index (χ0n) is 17.0. The van der Waals surface area contributed by atoms with E-state index in [0.717, 1.165) is 41.9 Å². The number of amides is 1. The van der Waals surface area contributed by atoms with Crippen LogP contribution in [-0.2, 0) is 11.3 Å². The highest BCUT2D eigenvalue weighted by molar-refractivity contribution is 5.78. The molecular weight excluding hydrogens is 382 g/mol. The predicted molar refractivity (Wildman–Crippen MR) is 113 cm³/mol. The third-order valence-electron chi connectivity index (χ3n) is 5.50. The fourth-order valence-corrected chi connectivity index (χ4v) is 3.87. The number of hydrogen-bond acceptors (Lipinski definition) is 6. The summed E-state index contributed by atoms with van der Waals surface area (Å²) >= 11 is 0. The van der Waals surface area contributed by atoms with Crippen LogP contribution in [0.3, 0.4) is 0 Å². The number of methoxy groups -OCH3 is 1. The number of fused-ring (bicyclic) bond motifs is 1. The lowest BCUT2D eigenvalue weighted by Gasteiger charge is -2.28. The fourth-order valence-electron chi connectivity index (χ4n) is 3.87. The van der Waals surface area contributed by atoms with Crippen LogP contribution in [0.5, 0.6) is 5.75 Å². The van der Waals surface area contributed by atoms with Crippen molar-refractivity contribution in [2.45, 2.75) is 25.4 Å². The van der Waals surface area contributed by atoms with Crippen LogP contribution in [0.15, 0.2) is 53.3 Å². The Morgan fingerprint density at radius 3 is 2.60 bits per heavy atom. The van der Waals surface area contributed by atoms with E-state index in [4.69, 9.17) is 4.74 Å². The molecule has 0 bridgehead atoms. The molecule has 30 heavy (non-hydrogen) atoms. The lowest BCUT2D eigenvalue weighted by Crippen LogP contribution is -2.39. The first kappa shape index (κ1) is 20.0. The van der Waals surface area contributed by atoms with Gasteiger partial charge in [0.2, 0.25) is 5.91 Å². The number of rotatable bonds is 7. The van der Waals surface area contributed by atoms with Gasteiger partial charge >= 0.3 is 0 Å². The first-order chi connectivity index (χ1) is 14.7. The van der Waals surface area contributed by atoms with Crippen molar-refractivity contribution >= 4 is 16.8 Å². The van der Waals surface area contributed by atoms with Gasteiger partial charge in [-0.15, -0.1) is 5.10 Å². The molecule has 8 nitrogen and oxygen atoms in total. The van der Waals surface area contributed by atoms with Gasteiger partial charge < -0.3 is 10.1 Å². The smallest absolute Gasteiger partial charge is 0.278 e. The van der Waals surface area contributed by atoms with E-state index in [1.165, 1.54) is 0 Å². The molecule has 1 fully saturated rings. The van der Waals surface area contributed by atoms with Crippen molar-refractivity contribution in [1.29, 1.82) is 0 Å². The number of hydrogen-bond donors (Lipinski definition) is 1. The first-order valence-corrected chi connectivity index (χ1v) is 10.1. The summed E-state index contributed by atoms with van der Waals surface area (Å²) in [5.41, 5.74) is 1.33. The molecule has 1 unspecified atom stereocenters. The maximum Gasteiger partial charge on any atom is 0.278 e. The van der Waals surface area contributed by atoms with Gasteiger partial charge in [0.1, 0.15) is 17.8 Å². The summed E-state index contributed by atoms with van der Waals surface area (Å²) in [6.45, 7) is 2.30. The van der Waals surface area contributed by atoms with Gasteiger partial charge in [-0.3, -0.25) is 14.5 Å². The van der Waals surface area contributed by atoms with Gasteiger partial charge in [0.25, 0.3) is 5.56 Å². The molecule has 4 rings (SSSR count). The molecule has 0 spiro atoms. The van der Waals surface area contributed by atoms with E-state index in [1.807, 2.05) is 24.3 Å². The topological polar surface area (TPSA) is 89.3 Å². The lowest BCUT2D eigenvalue weighted by molar-refractivity contribution is -0.122. The largest absolute Gasteiger partial charge is 0.497 e. The molecule has 0 aliphatic carbocycles. The minimum atomic E-state index is -0.318. The van der Waals surface area contributed by atoms with Crippen LogP contribution in [0, 0.1) is 0 Å². The van der Waals surface area contributed by atoms with E-state index in [-0.39, 0.29) is 24.1 Å². The number of nitrogens with one attached hydrogen (secondary N) is 1. The van der Waals surface area contributed by atoms with Gasteiger partial charge in [-0.25, -0.2) is 4.68 Å². The highest BCUT2D eigenvalue weighted by atomic mass is 16.5. The molecule has 1 amide bonds. The van der Waals surface area contributed by atoms with Crippen LogP contribution >= 0.6 is 0 Å². The number of ether oxygens (including phenoxy) is 1. The van der Waals surface area contributed by atoms with Crippen molar-refractivity contribution < 1.29 is 9.53 Å². The van der Waals surface area contributed by atoms with Crippen molar-refractivity contribution in [2.24, 2.45) is 0 Å². The minimum Gasteiger partial charge on any atom is -0.497 e. The average Bonchev–Trinajstić information content (AvgIpc) is 3.31. The minimum absolute atomic E-state index is 0.0711. The molecule has 156 valence electrons. The van der Waals surface area contributed by atoms with Gasteiger partial charge in [-0.05, 0) is 55.8 Å². The summed E-state index contributed by atoms with van der Waals surface area (Å²) in [4.78, 5) is 27.5. The Labute approximate surface area is 174 Å². The normalized spacial score (nSPS) is 15.2. The third-order valence-corrected chi connectivity index (χ3v) is 5.50. The SMILES string of the molecule is COc1ccc(C(CNC(=O)Cn2nnc3ccccc3c2=O)N2CCCC2)cc1. The number of carbonyl (C=O) groups excluding carboxylic acids is 1. The van der Waals surface area contributed by atoms with E-state index in [1.54, 1.807) is 31.4 Å². The van der Waals surface area contributed by atoms with Crippen molar-refractivity contribution in [3.63, 3.8) is 0 Å². The van der Waals surface area contributed by atoms with E-state index in [9.17, 15) is 9.59 Å². The summed E-state index contributed by atoms with van der Waals surface area (Å²) in [6.07, 6.45) is 2.31. The van der Waals surface area contributed by atoms with Crippen LogP contribution in [0.1, 0.15) is 24.4 Å². The molecule has 0 radical (unpaired) electrons. The van der Waals surface area contributed by atoms with E-state index < -0.39 is 0 Å². The second-order valence-electron chi connectivity index (χ2n) is 7.41. The quantitative estimate of drug-likeness (QED) is 0.642. The van der Waals surface area contributed by atoms with E-state index in [0.29, 0.717) is 17.4 Å². The Balaban J connectivity index is 1.46.